The maximum absolute atomic E-state index is 4.20. The highest BCUT2D eigenvalue weighted by molar-refractivity contribution is 8.04. The third-order valence-corrected chi connectivity index (χ3v) is 2.92. The van der Waals surface area contributed by atoms with Crippen molar-refractivity contribution >= 4 is 23.8 Å². The monoisotopic (exact) mass is 152 g/mol. The molecule has 2 aliphatic heterocycles. The van der Waals surface area contributed by atoms with Gasteiger partial charge in [-0.1, -0.05) is 0 Å². The van der Waals surface area contributed by atoms with Crippen LogP contribution in [0.5, 0.6) is 0 Å². The summed E-state index contributed by atoms with van der Waals surface area (Å²) in [5.74, 6) is 0. The van der Waals surface area contributed by atoms with Crippen LogP contribution in [0.25, 0.3) is 0 Å². The number of rotatable bonds is 0. The minimum atomic E-state index is 0.396. The van der Waals surface area contributed by atoms with Crippen LogP contribution in [0.2, 0.25) is 0 Å². The van der Waals surface area contributed by atoms with Crippen molar-refractivity contribution in [1.82, 2.24) is 0 Å². The molecule has 2 aliphatic rings. The number of allylic oxidation sites excluding steroid dienone is 1. The van der Waals surface area contributed by atoms with E-state index in [0.29, 0.717) is 11.3 Å². The predicted molar refractivity (Wildman–Crippen MR) is 45.9 cm³/mol. The number of thioether (sulfide) groups is 1. The van der Waals surface area contributed by atoms with Crippen LogP contribution in [0, 0.1) is 0 Å². The van der Waals surface area contributed by atoms with Gasteiger partial charge in [-0.3, -0.25) is 4.99 Å². The smallest absolute Gasteiger partial charge is 0.110 e. The Kier molecular flexibility index (Phi) is 1.38. The highest BCUT2D eigenvalue weighted by Gasteiger charge is 2.25. The van der Waals surface area contributed by atoms with Gasteiger partial charge in [0.1, 0.15) is 6.34 Å². The lowest BCUT2D eigenvalue weighted by Crippen LogP contribution is -2.26. The summed E-state index contributed by atoms with van der Waals surface area (Å²) >= 11 is 1.81. The minimum absolute atomic E-state index is 0.396. The van der Waals surface area contributed by atoms with Crippen molar-refractivity contribution < 1.29 is 0 Å². The van der Waals surface area contributed by atoms with E-state index in [4.69, 9.17) is 0 Å². The van der Waals surface area contributed by atoms with Crippen molar-refractivity contribution in [2.75, 3.05) is 0 Å². The van der Waals surface area contributed by atoms with Crippen molar-refractivity contribution in [2.45, 2.75) is 18.2 Å². The summed E-state index contributed by atoms with van der Waals surface area (Å²) in [6, 6.07) is 0.396. The second-order valence-electron chi connectivity index (χ2n) is 2.42. The van der Waals surface area contributed by atoms with Crippen LogP contribution in [-0.4, -0.2) is 23.3 Å². The molecule has 0 saturated carbocycles. The van der Waals surface area contributed by atoms with E-state index in [2.05, 4.69) is 28.4 Å². The van der Waals surface area contributed by atoms with Crippen molar-refractivity contribution in [2.24, 2.45) is 9.98 Å². The fraction of sp³-hybridized carbons (Fsp3) is 0.429. The molecular weight excluding hydrogens is 144 g/mol. The van der Waals surface area contributed by atoms with Crippen molar-refractivity contribution in [1.29, 1.82) is 0 Å². The Balaban J connectivity index is 2.31. The van der Waals surface area contributed by atoms with Gasteiger partial charge in [0, 0.05) is 0 Å². The fourth-order valence-electron chi connectivity index (χ4n) is 1.12. The summed E-state index contributed by atoms with van der Waals surface area (Å²) < 4.78 is 0. The number of fused-ring (bicyclic) bond motifs is 1. The zero-order valence-corrected chi connectivity index (χ0v) is 6.51. The van der Waals surface area contributed by atoms with E-state index in [1.54, 1.807) is 6.34 Å². The summed E-state index contributed by atoms with van der Waals surface area (Å²) in [5, 5.41) is 2.58. The minimum Gasteiger partial charge on any atom is -0.269 e. The molecule has 0 amide bonds. The first kappa shape index (κ1) is 6.16. The van der Waals surface area contributed by atoms with Crippen molar-refractivity contribution in [3.63, 3.8) is 0 Å². The molecule has 0 saturated heterocycles. The third kappa shape index (κ3) is 0.814. The summed E-state index contributed by atoms with van der Waals surface area (Å²) in [6.45, 7) is 2.12. The molecular formula is C7H8N2S. The Morgan fingerprint density at radius 2 is 2.50 bits per heavy atom. The molecule has 0 bridgehead atoms. The van der Waals surface area contributed by atoms with Gasteiger partial charge in [0.15, 0.2) is 0 Å². The molecule has 52 valence electrons. The largest absolute Gasteiger partial charge is 0.269 e. The van der Waals surface area contributed by atoms with E-state index in [1.165, 1.54) is 5.71 Å². The molecule has 0 aromatic heterocycles. The second-order valence-corrected chi connectivity index (χ2v) is 3.47. The quantitative estimate of drug-likeness (QED) is 0.516. The highest BCUT2D eigenvalue weighted by Crippen LogP contribution is 2.27. The number of nitrogens with zero attached hydrogens (tertiary/aromatic N) is 2. The molecule has 10 heavy (non-hydrogen) atoms. The molecule has 2 atom stereocenters. The lowest BCUT2D eigenvalue weighted by molar-refractivity contribution is 0.793. The predicted octanol–water partition coefficient (Wildman–Crippen LogP) is 1.49. The average molecular weight is 152 g/mol. The van der Waals surface area contributed by atoms with Crippen LogP contribution in [0.15, 0.2) is 21.5 Å². The SMILES string of the molecule is CC1N=CN=C2C=CSC21. The molecule has 0 aliphatic carbocycles. The molecule has 2 rings (SSSR count). The van der Waals surface area contributed by atoms with Gasteiger partial charge in [0.2, 0.25) is 0 Å². The molecule has 2 unspecified atom stereocenters. The van der Waals surface area contributed by atoms with Crippen LogP contribution in [0.1, 0.15) is 6.92 Å². The van der Waals surface area contributed by atoms with Crippen LogP contribution in [0.4, 0.5) is 0 Å². The first-order valence-corrected chi connectivity index (χ1v) is 4.23. The van der Waals surface area contributed by atoms with Crippen LogP contribution >= 0.6 is 11.8 Å². The second kappa shape index (κ2) is 2.23. The molecule has 2 heterocycles. The van der Waals surface area contributed by atoms with E-state index in [-0.39, 0.29) is 0 Å². The normalized spacial score (nSPS) is 35.9. The maximum atomic E-state index is 4.20. The Hall–Kier alpha value is -0.570. The topological polar surface area (TPSA) is 24.7 Å². The van der Waals surface area contributed by atoms with Gasteiger partial charge >= 0.3 is 0 Å². The van der Waals surface area contributed by atoms with Gasteiger partial charge in [-0.25, -0.2) is 4.99 Å². The van der Waals surface area contributed by atoms with Crippen molar-refractivity contribution in [3.05, 3.63) is 11.5 Å². The molecule has 0 aromatic rings. The molecule has 0 fully saturated rings. The first-order chi connectivity index (χ1) is 4.88. The average Bonchev–Trinajstić information content (AvgIpc) is 2.36. The zero-order chi connectivity index (χ0) is 6.97. The summed E-state index contributed by atoms with van der Waals surface area (Å²) in [5.41, 5.74) is 1.17. The molecule has 0 radical (unpaired) electrons. The number of hydrogen-bond acceptors (Lipinski definition) is 3. The van der Waals surface area contributed by atoms with E-state index in [0.717, 1.165) is 0 Å². The number of aliphatic imine (C=N–C) groups is 2. The lowest BCUT2D eigenvalue weighted by atomic mass is 10.1. The Morgan fingerprint density at radius 3 is 3.30 bits per heavy atom. The van der Waals surface area contributed by atoms with Gasteiger partial charge in [0.05, 0.1) is 17.0 Å². The number of hydrogen-bond donors (Lipinski definition) is 0. The van der Waals surface area contributed by atoms with Gasteiger partial charge in [-0.15, -0.1) is 11.8 Å². The van der Waals surface area contributed by atoms with Crippen LogP contribution in [0.3, 0.4) is 0 Å². The molecule has 0 spiro atoms. The van der Waals surface area contributed by atoms with Gasteiger partial charge < -0.3 is 0 Å². The molecule has 3 heteroatoms. The summed E-state index contributed by atoms with van der Waals surface area (Å²) in [7, 11) is 0. The molecule has 0 aromatic carbocycles. The van der Waals surface area contributed by atoms with E-state index < -0.39 is 0 Å². The molecule has 2 nitrogen and oxygen atoms in total. The fourth-order valence-corrected chi connectivity index (χ4v) is 2.08. The van der Waals surface area contributed by atoms with Crippen LogP contribution in [-0.2, 0) is 0 Å². The standard InChI is InChI=1S/C7H8N2S/c1-5-7-6(2-3-10-7)9-4-8-5/h2-5,7H,1H3. The van der Waals surface area contributed by atoms with E-state index >= 15 is 0 Å². The Morgan fingerprint density at radius 1 is 1.60 bits per heavy atom. The highest BCUT2D eigenvalue weighted by atomic mass is 32.2. The Labute approximate surface area is 64.1 Å². The zero-order valence-electron chi connectivity index (χ0n) is 5.69. The van der Waals surface area contributed by atoms with Gasteiger partial charge in [0.25, 0.3) is 0 Å². The van der Waals surface area contributed by atoms with Crippen LogP contribution < -0.4 is 0 Å². The summed E-state index contributed by atoms with van der Waals surface area (Å²) in [6.07, 6.45) is 3.73. The van der Waals surface area contributed by atoms with E-state index in [9.17, 15) is 0 Å². The van der Waals surface area contributed by atoms with Gasteiger partial charge in [-0.2, -0.15) is 0 Å². The third-order valence-electron chi connectivity index (χ3n) is 1.70. The van der Waals surface area contributed by atoms with Crippen molar-refractivity contribution in [3.8, 4) is 0 Å². The summed E-state index contributed by atoms with van der Waals surface area (Å²) in [4.78, 5) is 8.36. The first-order valence-electron chi connectivity index (χ1n) is 3.29. The maximum Gasteiger partial charge on any atom is 0.110 e. The molecule has 0 N–H and O–H groups in total. The lowest BCUT2D eigenvalue weighted by Gasteiger charge is -2.16. The van der Waals surface area contributed by atoms with E-state index in [1.807, 2.05) is 11.8 Å². The van der Waals surface area contributed by atoms with Gasteiger partial charge in [-0.05, 0) is 18.4 Å². The Bertz CT molecular complexity index is 230.